The van der Waals surface area contributed by atoms with Crippen molar-refractivity contribution in [1.29, 1.82) is 0 Å². The van der Waals surface area contributed by atoms with Gasteiger partial charge < -0.3 is 14.8 Å². The van der Waals surface area contributed by atoms with Crippen molar-refractivity contribution in [2.24, 2.45) is 0 Å². The third kappa shape index (κ3) is 5.31. The quantitative estimate of drug-likeness (QED) is 0.602. The first-order chi connectivity index (χ1) is 15.4. The highest BCUT2D eigenvalue weighted by molar-refractivity contribution is 5.73. The first-order valence-electron chi connectivity index (χ1n) is 10.7. The Bertz CT molecular complexity index is 992. The van der Waals surface area contributed by atoms with Gasteiger partial charge in [-0.3, -0.25) is 0 Å². The van der Waals surface area contributed by atoms with Crippen LogP contribution in [0.2, 0.25) is 0 Å². The Kier molecular flexibility index (Phi) is 6.82. The summed E-state index contributed by atoms with van der Waals surface area (Å²) in [7, 11) is 0. The monoisotopic (exact) mass is 441 g/mol. The summed E-state index contributed by atoms with van der Waals surface area (Å²) in [6, 6.07) is 18.1. The molecule has 1 aliphatic carbocycles. The summed E-state index contributed by atoms with van der Waals surface area (Å²) in [5.41, 5.74) is 4.09. The summed E-state index contributed by atoms with van der Waals surface area (Å²) in [5.74, 6) is -0.281. The van der Waals surface area contributed by atoms with Crippen LogP contribution in [0.25, 0.3) is 5.57 Å². The fraction of sp³-hybridized carbons (Fsp3) is 0.308. The van der Waals surface area contributed by atoms with E-state index in [0.717, 1.165) is 35.4 Å². The summed E-state index contributed by atoms with van der Waals surface area (Å²) in [4.78, 5) is 0. The van der Waals surface area contributed by atoms with Crippen molar-refractivity contribution in [3.05, 3.63) is 102 Å². The zero-order valence-corrected chi connectivity index (χ0v) is 17.6. The maximum absolute atomic E-state index is 12.5. The molecule has 2 aromatic rings. The number of alkyl halides is 3. The number of ether oxygens (including phenoxy) is 2. The molecule has 1 fully saturated rings. The van der Waals surface area contributed by atoms with E-state index in [2.05, 4.69) is 28.8 Å². The van der Waals surface area contributed by atoms with Gasteiger partial charge in [0, 0.05) is 24.9 Å². The molecule has 168 valence electrons. The highest BCUT2D eigenvalue weighted by Gasteiger charge is 2.33. The van der Waals surface area contributed by atoms with Gasteiger partial charge >= 0.3 is 6.36 Å². The molecule has 3 nitrogen and oxygen atoms in total. The summed E-state index contributed by atoms with van der Waals surface area (Å²) in [5, 5.41) is 3.40. The van der Waals surface area contributed by atoms with Crippen LogP contribution in [0.15, 0.2) is 85.2 Å². The fourth-order valence-corrected chi connectivity index (χ4v) is 4.42. The SMILES string of the molecule is C=C(c1ccccc1C1C=CC(OC(F)(F)F)=CC1)[C@H](c1ccccc1)C1CNCCO1. The van der Waals surface area contributed by atoms with Crippen LogP contribution in [-0.4, -0.2) is 32.2 Å². The van der Waals surface area contributed by atoms with Gasteiger partial charge in [0.2, 0.25) is 0 Å². The summed E-state index contributed by atoms with van der Waals surface area (Å²) in [6.45, 7) is 6.66. The van der Waals surface area contributed by atoms with Crippen LogP contribution >= 0.6 is 0 Å². The van der Waals surface area contributed by atoms with E-state index in [1.54, 1.807) is 6.08 Å². The number of hydrogen-bond acceptors (Lipinski definition) is 3. The van der Waals surface area contributed by atoms with Gasteiger partial charge in [-0.25, -0.2) is 0 Å². The minimum atomic E-state index is -4.69. The van der Waals surface area contributed by atoms with Gasteiger partial charge in [-0.15, -0.1) is 13.2 Å². The predicted octanol–water partition coefficient (Wildman–Crippen LogP) is 5.94. The first-order valence-corrected chi connectivity index (χ1v) is 10.7. The van der Waals surface area contributed by atoms with Crippen LogP contribution in [0.4, 0.5) is 13.2 Å². The maximum Gasteiger partial charge on any atom is 0.573 e. The zero-order chi connectivity index (χ0) is 22.6. The Morgan fingerprint density at radius 1 is 1.09 bits per heavy atom. The molecule has 2 unspecified atom stereocenters. The number of halogens is 3. The van der Waals surface area contributed by atoms with Crippen LogP contribution < -0.4 is 5.32 Å². The van der Waals surface area contributed by atoms with Crippen LogP contribution in [-0.2, 0) is 9.47 Å². The lowest BCUT2D eigenvalue weighted by atomic mass is 9.79. The molecule has 6 heteroatoms. The highest BCUT2D eigenvalue weighted by Crippen LogP contribution is 2.40. The fourth-order valence-electron chi connectivity index (χ4n) is 4.42. The number of morpholine rings is 1. The Morgan fingerprint density at radius 3 is 2.50 bits per heavy atom. The van der Waals surface area contributed by atoms with Gasteiger partial charge in [0.05, 0.1) is 12.7 Å². The molecule has 1 aliphatic heterocycles. The number of nitrogens with one attached hydrogen (secondary N) is 1. The molecule has 1 saturated heterocycles. The van der Waals surface area contributed by atoms with E-state index in [4.69, 9.17) is 4.74 Å². The lowest BCUT2D eigenvalue weighted by Crippen LogP contribution is -2.42. The van der Waals surface area contributed by atoms with E-state index in [9.17, 15) is 13.2 Å². The Morgan fingerprint density at radius 2 is 1.84 bits per heavy atom. The average Bonchev–Trinajstić information content (AvgIpc) is 2.80. The number of allylic oxidation sites excluding steroid dienone is 3. The lowest BCUT2D eigenvalue weighted by Gasteiger charge is -2.34. The molecule has 0 bridgehead atoms. The van der Waals surface area contributed by atoms with Gasteiger partial charge in [0.25, 0.3) is 0 Å². The van der Waals surface area contributed by atoms with Gasteiger partial charge in [0.1, 0.15) is 5.76 Å². The molecule has 2 aliphatic rings. The van der Waals surface area contributed by atoms with Crippen LogP contribution in [0.5, 0.6) is 0 Å². The van der Waals surface area contributed by atoms with Crippen molar-refractivity contribution >= 4 is 5.57 Å². The Labute approximate surface area is 186 Å². The molecule has 0 saturated carbocycles. The van der Waals surface area contributed by atoms with Crippen molar-refractivity contribution in [3.8, 4) is 0 Å². The third-order valence-corrected chi connectivity index (χ3v) is 5.87. The molecular weight excluding hydrogens is 415 g/mol. The molecule has 0 radical (unpaired) electrons. The second kappa shape index (κ2) is 9.76. The smallest absolute Gasteiger partial charge is 0.406 e. The molecule has 4 rings (SSSR count). The molecule has 2 aromatic carbocycles. The van der Waals surface area contributed by atoms with Crippen molar-refractivity contribution < 1.29 is 22.6 Å². The van der Waals surface area contributed by atoms with E-state index in [1.165, 1.54) is 12.2 Å². The highest BCUT2D eigenvalue weighted by atomic mass is 19.4. The topological polar surface area (TPSA) is 30.5 Å². The average molecular weight is 441 g/mol. The second-order valence-electron chi connectivity index (χ2n) is 7.97. The number of benzene rings is 2. The van der Waals surface area contributed by atoms with E-state index in [0.29, 0.717) is 13.0 Å². The third-order valence-electron chi connectivity index (χ3n) is 5.87. The van der Waals surface area contributed by atoms with Crippen molar-refractivity contribution in [2.75, 3.05) is 19.7 Å². The predicted molar refractivity (Wildman–Crippen MR) is 119 cm³/mol. The minimum Gasteiger partial charge on any atom is -0.406 e. The van der Waals surface area contributed by atoms with E-state index < -0.39 is 6.36 Å². The van der Waals surface area contributed by atoms with Crippen LogP contribution in [0.3, 0.4) is 0 Å². The Hall–Kier alpha value is -2.83. The molecule has 0 amide bonds. The van der Waals surface area contributed by atoms with Crippen molar-refractivity contribution in [3.63, 3.8) is 0 Å². The Balaban J connectivity index is 1.62. The van der Waals surface area contributed by atoms with Crippen molar-refractivity contribution in [1.82, 2.24) is 5.32 Å². The molecule has 3 atom stereocenters. The van der Waals surface area contributed by atoms with Gasteiger partial charge in [0.15, 0.2) is 0 Å². The summed E-state index contributed by atoms with van der Waals surface area (Å²) in [6.07, 6.45) is 0.323. The molecule has 1 N–H and O–H groups in total. The maximum atomic E-state index is 12.5. The van der Waals surface area contributed by atoms with E-state index in [1.807, 2.05) is 42.5 Å². The molecule has 1 heterocycles. The number of rotatable bonds is 6. The van der Waals surface area contributed by atoms with Gasteiger partial charge in [-0.2, -0.15) is 0 Å². The van der Waals surface area contributed by atoms with E-state index >= 15 is 0 Å². The molecule has 0 spiro atoms. The molecule has 32 heavy (non-hydrogen) atoms. The largest absolute Gasteiger partial charge is 0.573 e. The number of hydrogen-bond donors (Lipinski definition) is 1. The minimum absolute atomic E-state index is 0.0441. The summed E-state index contributed by atoms with van der Waals surface area (Å²) < 4.78 is 47.8. The van der Waals surface area contributed by atoms with Crippen LogP contribution in [0, 0.1) is 0 Å². The van der Waals surface area contributed by atoms with Gasteiger partial charge in [-0.05, 0) is 40.8 Å². The van der Waals surface area contributed by atoms with Crippen molar-refractivity contribution in [2.45, 2.75) is 30.7 Å². The normalized spacial score (nSPS) is 22.2. The first kappa shape index (κ1) is 22.4. The second-order valence-corrected chi connectivity index (χ2v) is 7.97. The molecule has 0 aromatic heterocycles. The van der Waals surface area contributed by atoms with Gasteiger partial charge in [-0.1, -0.05) is 67.3 Å². The lowest BCUT2D eigenvalue weighted by molar-refractivity contribution is -0.303. The summed E-state index contributed by atoms with van der Waals surface area (Å²) >= 11 is 0. The van der Waals surface area contributed by atoms with E-state index in [-0.39, 0.29) is 23.7 Å². The zero-order valence-electron chi connectivity index (χ0n) is 17.6. The standard InChI is InChI=1S/C26H26F3NO2/c1-18(25(20-7-3-2-4-8-20)24-17-30-15-16-31-24)22-9-5-6-10-23(22)19-11-13-21(14-12-19)32-26(27,28)29/h2-11,13-14,19,24-25,30H,1,12,15-17H2/t19?,24?,25-/m1/s1. The van der Waals surface area contributed by atoms with Crippen LogP contribution in [0.1, 0.15) is 34.9 Å². The molecular formula is C26H26F3NO2.